The second kappa shape index (κ2) is 36.9. The molecule has 1 rings (SSSR count). The summed E-state index contributed by atoms with van der Waals surface area (Å²) in [4.78, 5) is 35.7. The van der Waals surface area contributed by atoms with Crippen LogP contribution in [-0.4, -0.2) is 121 Å². The average molecular weight is 919 g/mol. The Morgan fingerprint density at radius 1 is 0.556 bits per heavy atom. The first kappa shape index (κ1) is 58.7. The van der Waals surface area contributed by atoms with Crippen LogP contribution in [0.4, 0.5) is 0 Å². The molecular weight excluding hydrogens is 835 g/mol. The molecule has 1 fully saturated rings. The van der Waals surface area contributed by atoms with E-state index in [4.69, 9.17) is 18.5 Å². The van der Waals surface area contributed by atoms with Crippen molar-refractivity contribution >= 4 is 19.8 Å². The lowest BCUT2D eigenvalue weighted by molar-refractivity contribution is -0.220. The summed E-state index contributed by atoms with van der Waals surface area (Å²) >= 11 is 0. The molecule has 16 heteroatoms. The number of carbonyl (C=O) groups excluding carboxylic acids is 2. The van der Waals surface area contributed by atoms with E-state index < -0.39 is 87.9 Å². The maximum absolute atomic E-state index is 12.8. The van der Waals surface area contributed by atoms with Gasteiger partial charge in [-0.3, -0.25) is 18.6 Å². The minimum Gasteiger partial charge on any atom is -0.462 e. The third-order valence-electron chi connectivity index (χ3n) is 10.8. The van der Waals surface area contributed by atoms with Crippen LogP contribution in [-0.2, 0) is 32.7 Å². The molecule has 0 spiro atoms. The van der Waals surface area contributed by atoms with E-state index in [1.165, 1.54) is 25.7 Å². The molecule has 0 aromatic rings. The zero-order valence-electron chi connectivity index (χ0n) is 38.1. The van der Waals surface area contributed by atoms with Gasteiger partial charge in [-0.15, -0.1) is 0 Å². The van der Waals surface area contributed by atoms with E-state index in [-0.39, 0.29) is 12.8 Å². The van der Waals surface area contributed by atoms with Crippen molar-refractivity contribution in [2.24, 2.45) is 0 Å². The van der Waals surface area contributed by atoms with Gasteiger partial charge in [-0.1, -0.05) is 127 Å². The number of hydrogen-bond acceptors (Lipinski definition) is 14. The number of esters is 2. The highest BCUT2D eigenvalue weighted by atomic mass is 31.2. The van der Waals surface area contributed by atoms with Crippen molar-refractivity contribution in [1.29, 1.82) is 0 Å². The van der Waals surface area contributed by atoms with Crippen LogP contribution in [0.2, 0.25) is 0 Å². The molecule has 1 aliphatic rings. The molecule has 0 heterocycles. The fourth-order valence-electron chi connectivity index (χ4n) is 6.85. The van der Waals surface area contributed by atoms with Crippen molar-refractivity contribution in [3.8, 4) is 0 Å². The average Bonchev–Trinajstić information content (AvgIpc) is 3.26. The van der Waals surface area contributed by atoms with Gasteiger partial charge in [-0.05, 0) is 77.0 Å². The Morgan fingerprint density at radius 3 is 1.59 bits per heavy atom. The summed E-state index contributed by atoms with van der Waals surface area (Å²) in [5.41, 5.74) is 0. The molecule has 0 saturated heterocycles. The first-order valence-corrected chi connectivity index (χ1v) is 25.1. The molecule has 3 unspecified atom stereocenters. The molecule has 0 bridgehead atoms. The van der Waals surface area contributed by atoms with Crippen LogP contribution in [0.5, 0.6) is 0 Å². The van der Waals surface area contributed by atoms with Gasteiger partial charge in [0.2, 0.25) is 0 Å². The van der Waals surface area contributed by atoms with Gasteiger partial charge in [0.05, 0.1) is 18.8 Å². The number of unbranched alkanes of at least 4 members (excludes halogenated alkanes) is 14. The number of rotatable bonds is 38. The first-order valence-electron chi connectivity index (χ1n) is 23.6. The molecule has 0 amide bonds. The third kappa shape index (κ3) is 29.1. The lowest BCUT2D eigenvalue weighted by atomic mass is 9.85. The molecule has 1 saturated carbocycles. The van der Waals surface area contributed by atoms with Crippen LogP contribution < -0.4 is 0 Å². The second-order valence-corrected chi connectivity index (χ2v) is 18.0. The summed E-state index contributed by atoms with van der Waals surface area (Å²) in [6.07, 6.45) is 21.7. The van der Waals surface area contributed by atoms with Crippen molar-refractivity contribution < 1.29 is 73.3 Å². The summed E-state index contributed by atoms with van der Waals surface area (Å²) in [7, 11) is -5.16. The maximum atomic E-state index is 12.8. The molecule has 8 N–H and O–H groups in total. The Morgan fingerprint density at radius 2 is 1.02 bits per heavy atom. The molecule has 0 radical (unpaired) electrons. The summed E-state index contributed by atoms with van der Waals surface area (Å²) in [5.74, 6) is -1.24. The first-order chi connectivity index (χ1) is 30.2. The summed E-state index contributed by atoms with van der Waals surface area (Å²) in [6, 6.07) is 0. The molecule has 0 aromatic heterocycles. The normalized spacial score (nSPS) is 23.1. The molecule has 15 nitrogen and oxygen atoms in total. The highest BCUT2D eigenvalue weighted by molar-refractivity contribution is 7.47. The summed E-state index contributed by atoms with van der Waals surface area (Å²) in [5, 5.41) is 70.6. The lowest BCUT2D eigenvalue weighted by Gasteiger charge is -2.41. The van der Waals surface area contributed by atoms with Crippen molar-refractivity contribution in [2.75, 3.05) is 13.2 Å². The van der Waals surface area contributed by atoms with Gasteiger partial charge in [0.15, 0.2) is 6.10 Å². The van der Waals surface area contributed by atoms with E-state index in [2.05, 4.69) is 50.3 Å². The highest BCUT2D eigenvalue weighted by Gasteiger charge is 2.51. The van der Waals surface area contributed by atoms with E-state index in [1.807, 2.05) is 12.2 Å². The molecule has 366 valence electrons. The van der Waals surface area contributed by atoms with Crippen LogP contribution in [0.15, 0.2) is 48.6 Å². The number of allylic oxidation sites excluding steroid dienone is 7. The van der Waals surface area contributed by atoms with Gasteiger partial charge in [-0.25, -0.2) is 4.57 Å². The number of phosphoric acid groups is 1. The van der Waals surface area contributed by atoms with Crippen LogP contribution in [0, 0.1) is 0 Å². The molecule has 0 aliphatic heterocycles. The van der Waals surface area contributed by atoms with Gasteiger partial charge in [0.25, 0.3) is 0 Å². The predicted octanol–water partition coefficient (Wildman–Crippen LogP) is 7.11. The largest absolute Gasteiger partial charge is 0.472 e. The molecule has 1 aliphatic carbocycles. The van der Waals surface area contributed by atoms with E-state index in [9.17, 15) is 54.8 Å². The van der Waals surface area contributed by atoms with Crippen LogP contribution in [0.1, 0.15) is 168 Å². The van der Waals surface area contributed by atoms with Gasteiger partial charge >= 0.3 is 19.8 Å². The van der Waals surface area contributed by atoms with Crippen molar-refractivity contribution in [2.45, 2.75) is 223 Å². The minimum atomic E-state index is -5.16. The number of phosphoric ester groups is 1. The Bertz CT molecular complexity index is 1320. The van der Waals surface area contributed by atoms with Gasteiger partial charge in [0.1, 0.15) is 43.2 Å². The molecule has 0 aromatic carbocycles. The standard InChI is InChI=1S/C47H83O15P/c1-3-5-7-9-11-12-13-14-15-16-17-18-19-20-21-25-30-34-41(51)61-37(36-60-63(57,58)62-47-45(55)43(53)42(52)44(54)46(47)56)35-59-40(50)33-29-26-22-24-28-32-39(49)38(48)31-27-23-10-8-6-4-2/h11-12,14-15,17-18,23,27,37-39,42-49,52-56H,3-10,13,16,19-22,24-26,28-36H2,1-2H3,(H,57,58)/b12-11-,15-14-,18-17-,27-23-/t37-,38-,39-,42?,43-,44+,45-,46-,47?/m1/s1. The quantitative estimate of drug-likeness (QED) is 0.0133. The van der Waals surface area contributed by atoms with Crippen molar-refractivity contribution in [3.05, 3.63) is 48.6 Å². The topological polar surface area (TPSA) is 250 Å². The molecule has 63 heavy (non-hydrogen) atoms. The maximum Gasteiger partial charge on any atom is 0.472 e. The van der Waals surface area contributed by atoms with Gasteiger partial charge < -0.3 is 50.1 Å². The SMILES string of the molecule is CCCCC/C=C\C/C=C\C/C=C\CCCCCCC(=O)O[C@H](COC(=O)CCCCCCC[C@@H](O)[C@H](O)C/C=C\CCCCC)COP(=O)(O)OC1[C@H](O)[C@H](O)C(O)[C@H](O)[C@H]1O. The van der Waals surface area contributed by atoms with Crippen molar-refractivity contribution in [1.82, 2.24) is 0 Å². The van der Waals surface area contributed by atoms with Crippen LogP contribution in [0.25, 0.3) is 0 Å². The van der Waals surface area contributed by atoms with Crippen LogP contribution in [0.3, 0.4) is 0 Å². The van der Waals surface area contributed by atoms with Crippen LogP contribution >= 0.6 is 7.82 Å². The zero-order valence-corrected chi connectivity index (χ0v) is 39.0. The molecule has 10 atom stereocenters. The third-order valence-corrected chi connectivity index (χ3v) is 11.8. The number of ether oxygens (including phenoxy) is 2. The predicted molar refractivity (Wildman–Crippen MR) is 242 cm³/mol. The highest BCUT2D eigenvalue weighted by Crippen LogP contribution is 2.47. The summed E-state index contributed by atoms with van der Waals surface area (Å²) < 4.78 is 33.4. The molecular formula is C47H83O15P. The van der Waals surface area contributed by atoms with E-state index in [0.717, 1.165) is 83.5 Å². The second-order valence-electron chi connectivity index (χ2n) is 16.6. The van der Waals surface area contributed by atoms with E-state index in [0.29, 0.717) is 32.1 Å². The fourth-order valence-corrected chi connectivity index (χ4v) is 7.82. The smallest absolute Gasteiger partial charge is 0.462 e. The Kier molecular flexibility index (Phi) is 34.4. The van der Waals surface area contributed by atoms with E-state index in [1.54, 1.807) is 0 Å². The Hall–Kier alpha value is -2.27. The zero-order chi connectivity index (χ0) is 46.7. The fraction of sp³-hybridized carbons (Fsp3) is 0.787. The van der Waals surface area contributed by atoms with Gasteiger partial charge in [-0.2, -0.15) is 0 Å². The Labute approximate surface area is 376 Å². The van der Waals surface area contributed by atoms with E-state index >= 15 is 0 Å². The van der Waals surface area contributed by atoms with Crippen molar-refractivity contribution in [3.63, 3.8) is 0 Å². The number of hydrogen-bond donors (Lipinski definition) is 8. The monoisotopic (exact) mass is 919 g/mol. The summed E-state index contributed by atoms with van der Waals surface area (Å²) in [6.45, 7) is 3.06. The number of aliphatic hydroxyl groups excluding tert-OH is 7. The Balaban J connectivity index is 2.53. The lowest BCUT2D eigenvalue weighted by Crippen LogP contribution is -2.64. The number of aliphatic hydroxyl groups is 7. The van der Waals surface area contributed by atoms with Gasteiger partial charge in [0, 0.05) is 12.8 Å². The minimum absolute atomic E-state index is 0.0378. The number of carbonyl (C=O) groups is 2.